The highest BCUT2D eigenvalue weighted by Crippen LogP contribution is 2.34. The molecular formula is C17H27ClN2O2. The molecule has 1 aromatic rings. The molecule has 5 heteroatoms. The number of amides is 1. The predicted molar refractivity (Wildman–Crippen MR) is 89.2 cm³/mol. The van der Waals surface area contributed by atoms with Crippen LogP contribution < -0.4 is 5.32 Å². The van der Waals surface area contributed by atoms with E-state index in [1.807, 2.05) is 0 Å². The van der Waals surface area contributed by atoms with Gasteiger partial charge >= 0.3 is 0 Å². The molecule has 0 saturated carbocycles. The van der Waals surface area contributed by atoms with Crippen LogP contribution in [0.1, 0.15) is 56.6 Å². The number of carbonyl (C=O) groups is 1. The van der Waals surface area contributed by atoms with Gasteiger partial charge in [0.15, 0.2) is 0 Å². The first-order valence-electron chi connectivity index (χ1n) is 8.39. The molecule has 0 aromatic carbocycles. The zero-order valence-corrected chi connectivity index (χ0v) is 14.2. The second-order valence-electron chi connectivity index (χ2n) is 6.23. The van der Waals surface area contributed by atoms with Crippen LogP contribution in [0.2, 0.25) is 0 Å². The van der Waals surface area contributed by atoms with E-state index in [1.165, 1.54) is 6.42 Å². The fraction of sp³-hybridized carbons (Fsp3) is 0.706. The molecule has 2 fully saturated rings. The highest BCUT2D eigenvalue weighted by Gasteiger charge is 2.34. The number of hydrogen-bond acceptors (Lipinski definition) is 3. The number of piperidine rings is 2. The molecule has 0 spiro atoms. The van der Waals surface area contributed by atoms with E-state index >= 15 is 0 Å². The van der Waals surface area contributed by atoms with Crippen LogP contribution in [-0.4, -0.2) is 30.4 Å². The smallest absolute Gasteiger partial charge is 0.226 e. The maximum atomic E-state index is 12.9. The predicted octanol–water partition coefficient (Wildman–Crippen LogP) is 3.32. The minimum absolute atomic E-state index is 0. The summed E-state index contributed by atoms with van der Waals surface area (Å²) >= 11 is 0. The van der Waals surface area contributed by atoms with Gasteiger partial charge in [0, 0.05) is 18.9 Å². The fourth-order valence-corrected chi connectivity index (χ4v) is 3.56. The Labute approximate surface area is 139 Å². The number of aryl methyl sites for hydroxylation is 1. The summed E-state index contributed by atoms with van der Waals surface area (Å²) in [7, 11) is 0. The molecule has 3 heterocycles. The van der Waals surface area contributed by atoms with E-state index in [0.717, 1.165) is 63.3 Å². The normalized spacial score (nSPS) is 23.1. The van der Waals surface area contributed by atoms with Gasteiger partial charge in [0.2, 0.25) is 5.91 Å². The number of nitrogens with one attached hydrogen (secondary N) is 1. The molecule has 3 rings (SSSR count). The lowest BCUT2D eigenvalue weighted by molar-refractivity contribution is -0.140. The standard InChI is InChI=1S/C17H26N2O2.ClH/c1-2-14-6-7-16(21-14)15-5-3-4-12-19(15)17(20)13-8-10-18-11-9-13;/h6-7,13,15,18H,2-5,8-12H2,1H3;1H. The Morgan fingerprint density at radius 3 is 2.73 bits per heavy atom. The van der Waals surface area contributed by atoms with Crippen molar-refractivity contribution in [3.8, 4) is 0 Å². The van der Waals surface area contributed by atoms with Crippen LogP contribution in [0.25, 0.3) is 0 Å². The van der Waals surface area contributed by atoms with Crippen molar-refractivity contribution in [1.29, 1.82) is 0 Å². The molecular weight excluding hydrogens is 300 g/mol. The summed E-state index contributed by atoms with van der Waals surface area (Å²) in [5.41, 5.74) is 0. The Morgan fingerprint density at radius 1 is 1.27 bits per heavy atom. The molecule has 0 aliphatic carbocycles. The van der Waals surface area contributed by atoms with Crippen LogP contribution in [0, 0.1) is 5.92 Å². The number of halogens is 1. The summed E-state index contributed by atoms with van der Waals surface area (Å²) in [6.07, 6.45) is 6.19. The summed E-state index contributed by atoms with van der Waals surface area (Å²) in [5, 5.41) is 3.34. The second kappa shape index (κ2) is 8.02. The van der Waals surface area contributed by atoms with E-state index in [-0.39, 0.29) is 24.4 Å². The van der Waals surface area contributed by atoms with E-state index in [0.29, 0.717) is 5.91 Å². The van der Waals surface area contributed by atoms with E-state index in [2.05, 4.69) is 29.3 Å². The first-order chi connectivity index (χ1) is 10.3. The van der Waals surface area contributed by atoms with Crippen molar-refractivity contribution >= 4 is 18.3 Å². The van der Waals surface area contributed by atoms with Crippen molar-refractivity contribution in [3.05, 3.63) is 23.7 Å². The lowest BCUT2D eigenvalue weighted by Gasteiger charge is -2.37. The van der Waals surface area contributed by atoms with Crippen molar-refractivity contribution < 1.29 is 9.21 Å². The molecule has 22 heavy (non-hydrogen) atoms. The molecule has 2 aliphatic heterocycles. The molecule has 0 bridgehead atoms. The molecule has 1 amide bonds. The first-order valence-corrected chi connectivity index (χ1v) is 8.39. The Hall–Kier alpha value is -1.00. The number of furan rings is 1. The third-order valence-corrected chi connectivity index (χ3v) is 4.83. The van der Waals surface area contributed by atoms with Crippen molar-refractivity contribution in [1.82, 2.24) is 10.2 Å². The van der Waals surface area contributed by atoms with Crippen molar-refractivity contribution in [2.24, 2.45) is 5.92 Å². The maximum Gasteiger partial charge on any atom is 0.226 e. The van der Waals surface area contributed by atoms with Crippen LogP contribution in [-0.2, 0) is 11.2 Å². The van der Waals surface area contributed by atoms with Gasteiger partial charge in [-0.05, 0) is 57.3 Å². The van der Waals surface area contributed by atoms with Gasteiger partial charge in [0.25, 0.3) is 0 Å². The van der Waals surface area contributed by atoms with Crippen LogP contribution in [0.5, 0.6) is 0 Å². The summed E-state index contributed by atoms with van der Waals surface area (Å²) in [6, 6.07) is 4.27. The molecule has 2 saturated heterocycles. The van der Waals surface area contributed by atoms with Crippen LogP contribution in [0.4, 0.5) is 0 Å². The minimum Gasteiger partial charge on any atom is -0.464 e. The SMILES string of the molecule is CCc1ccc(C2CCCCN2C(=O)C2CCNCC2)o1.Cl. The lowest BCUT2D eigenvalue weighted by Crippen LogP contribution is -2.44. The molecule has 2 aliphatic rings. The quantitative estimate of drug-likeness (QED) is 0.926. The van der Waals surface area contributed by atoms with Gasteiger partial charge < -0.3 is 14.6 Å². The van der Waals surface area contributed by atoms with E-state index in [4.69, 9.17) is 4.42 Å². The monoisotopic (exact) mass is 326 g/mol. The lowest BCUT2D eigenvalue weighted by atomic mass is 9.92. The van der Waals surface area contributed by atoms with E-state index < -0.39 is 0 Å². The first kappa shape index (κ1) is 17.4. The topological polar surface area (TPSA) is 45.5 Å². The summed E-state index contributed by atoms with van der Waals surface area (Å²) in [6.45, 7) is 4.92. The van der Waals surface area contributed by atoms with E-state index in [1.54, 1.807) is 0 Å². The van der Waals surface area contributed by atoms with Crippen molar-refractivity contribution in [3.63, 3.8) is 0 Å². The number of likely N-dealkylation sites (tertiary alicyclic amines) is 1. The zero-order chi connectivity index (χ0) is 14.7. The molecule has 124 valence electrons. The maximum absolute atomic E-state index is 12.9. The molecule has 4 nitrogen and oxygen atoms in total. The summed E-state index contributed by atoms with van der Waals surface area (Å²) in [5.74, 6) is 2.54. The third-order valence-electron chi connectivity index (χ3n) is 4.83. The average molecular weight is 327 g/mol. The van der Waals surface area contributed by atoms with Crippen LogP contribution in [0.3, 0.4) is 0 Å². The number of nitrogens with zero attached hydrogens (tertiary/aromatic N) is 1. The fourth-order valence-electron chi connectivity index (χ4n) is 3.56. The van der Waals surface area contributed by atoms with Crippen LogP contribution >= 0.6 is 12.4 Å². The van der Waals surface area contributed by atoms with E-state index in [9.17, 15) is 4.79 Å². The zero-order valence-electron chi connectivity index (χ0n) is 13.3. The Balaban J connectivity index is 0.00000176. The molecule has 0 radical (unpaired) electrons. The minimum atomic E-state index is 0. The highest BCUT2D eigenvalue weighted by atomic mass is 35.5. The number of carbonyl (C=O) groups excluding carboxylic acids is 1. The molecule has 1 atom stereocenters. The average Bonchev–Trinajstić information content (AvgIpc) is 3.04. The van der Waals surface area contributed by atoms with Gasteiger partial charge in [0.05, 0.1) is 6.04 Å². The van der Waals surface area contributed by atoms with Crippen molar-refractivity contribution in [2.45, 2.75) is 51.5 Å². The number of hydrogen-bond donors (Lipinski definition) is 1. The molecule has 1 aromatic heterocycles. The highest BCUT2D eigenvalue weighted by molar-refractivity contribution is 5.85. The second-order valence-corrected chi connectivity index (χ2v) is 6.23. The Bertz CT molecular complexity index is 483. The van der Waals surface area contributed by atoms with Gasteiger partial charge in [-0.25, -0.2) is 0 Å². The third kappa shape index (κ3) is 3.66. The van der Waals surface area contributed by atoms with Gasteiger partial charge in [-0.3, -0.25) is 4.79 Å². The van der Waals surface area contributed by atoms with Gasteiger partial charge in [-0.15, -0.1) is 12.4 Å². The summed E-state index contributed by atoms with van der Waals surface area (Å²) in [4.78, 5) is 15.0. The molecule has 1 N–H and O–H groups in total. The Morgan fingerprint density at radius 2 is 2.05 bits per heavy atom. The largest absolute Gasteiger partial charge is 0.464 e. The molecule has 1 unspecified atom stereocenters. The summed E-state index contributed by atoms with van der Waals surface area (Å²) < 4.78 is 5.93. The van der Waals surface area contributed by atoms with Gasteiger partial charge in [0.1, 0.15) is 11.5 Å². The Kier molecular flexibility index (Phi) is 6.33. The van der Waals surface area contributed by atoms with Crippen molar-refractivity contribution in [2.75, 3.05) is 19.6 Å². The van der Waals surface area contributed by atoms with Crippen LogP contribution in [0.15, 0.2) is 16.5 Å². The number of rotatable bonds is 3. The van der Waals surface area contributed by atoms with Gasteiger partial charge in [-0.2, -0.15) is 0 Å². The van der Waals surface area contributed by atoms with Gasteiger partial charge in [-0.1, -0.05) is 6.92 Å².